The summed E-state index contributed by atoms with van der Waals surface area (Å²) in [6.45, 7) is 1.56. The normalized spacial score (nSPS) is 24.7. The molecule has 0 radical (unpaired) electrons. The zero-order valence-electron chi connectivity index (χ0n) is 8.46. The van der Waals surface area contributed by atoms with Crippen molar-refractivity contribution < 1.29 is 14.0 Å². The van der Waals surface area contributed by atoms with Gasteiger partial charge in [0.1, 0.15) is 11.2 Å². The van der Waals surface area contributed by atoms with Crippen LogP contribution in [0.25, 0.3) is 0 Å². The smallest absolute Gasteiger partial charge is 0.245 e. The Balaban J connectivity index is 2.48. The summed E-state index contributed by atoms with van der Waals surface area (Å²) in [5, 5.41) is 1.16. The van der Waals surface area contributed by atoms with Gasteiger partial charge in [-0.25, -0.2) is 4.39 Å². The molecule has 0 bridgehead atoms. The predicted molar refractivity (Wildman–Crippen MR) is 56.7 cm³/mol. The number of imide groups is 1. The lowest BCUT2D eigenvalue weighted by Gasteiger charge is -2.13. The molecule has 3 nitrogen and oxygen atoms in total. The molecule has 0 saturated carbocycles. The number of hydrogen-bond acceptors (Lipinski definition) is 2. The van der Waals surface area contributed by atoms with Gasteiger partial charge in [0, 0.05) is 0 Å². The molecule has 2 atom stereocenters. The lowest BCUT2D eigenvalue weighted by Crippen LogP contribution is -2.22. The van der Waals surface area contributed by atoms with Crippen molar-refractivity contribution in [1.82, 2.24) is 5.32 Å². The highest BCUT2D eigenvalue weighted by Gasteiger charge is 2.42. The van der Waals surface area contributed by atoms with E-state index >= 15 is 0 Å². The Morgan fingerprint density at radius 1 is 1.31 bits per heavy atom. The average molecular weight is 242 g/mol. The number of nitrogens with one attached hydrogen (secondary N) is 1. The number of rotatable bonds is 1. The van der Waals surface area contributed by atoms with Crippen LogP contribution in [-0.4, -0.2) is 17.2 Å². The van der Waals surface area contributed by atoms with E-state index in [-0.39, 0.29) is 0 Å². The molecule has 1 aromatic carbocycles. The Bertz CT molecular complexity index is 475. The average Bonchev–Trinajstić information content (AvgIpc) is 2.47. The van der Waals surface area contributed by atoms with Gasteiger partial charge in [0.05, 0.1) is 5.92 Å². The van der Waals surface area contributed by atoms with Crippen LogP contribution in [0.3, 0.4) is 0 Å². The summed E-state index contributed by atoms with van der Waals surface area (Å²) < 4.78 is 13.3. The van der Waals surface area contributed by atoms with Gasteiger partial charge in [0.2, 0.25) is 11.8 Å². The van der Waals surface area contributed by atoms with Crippen LogP contribution in [0.15, 0.2) is 18.2 Å². The third-order valence-electron chi connectivity index (χ3n) is 2.72. The van der Waals surface area contributed by atoms with Crippen molar-refractivity contribution in [1.29, 1.82) is 0 Å². The summed E-state index contributed by atoms with van der Waals surface area (Å²) >= 11 is 5.83. The summed E-state index contributed by atoms with van der Waals surface area (Å²) in [5.74, 6) is -2.21. The van der Waals surface area contributed by atoms with Gasteiger partial charge in [-0.05, 0) is 24.1 Å². The predicted octanol–water partition coefficient (Wildman–Crippen LogP) is 1.48. The molecule has 1 saturated heterocycles. The van der Waals surface area contributed by atoms with E-state index in [0.29, 0.717) is 11.1 Å². The molecule has 1 fully saturated rings. The number of amides is 2. The van der Waals surface area contributed by atoms with E-state index in [1.807, 2.05) is 0 Å². The fraction of sp³-hybridized carbons (Fsp3) is 0.273. The van der Waals surface area contributed by atoms with Gasteiger partial charge in [-0.15, -0.1) is 11.6 Å². The Morgan fingerprint density at radius 2 is 2.00 bits per heavy atom. The van der Waals surface area contributed by atoms with Crippen LogP contribution in [0.2, 0.25) is 0 Å². The van der Waals surface area contributed by atoms with Crippen molar-refractivity contribution >= 4 is 23.4 Å². The van der Waals surface area contributed by atoms with E-state index in [9.17, 15) is 14.0 Å². The van der Waals surface area contributed by atoms with Gasteiger partial charge in [-0.1, -0.05) is 12.1 Å². The first kappa shape index (κ1) is 11.1. The van der Waals surface area contributed by atoms with Crippen LogP contribution in [0.5, 0.6) is 0 Å². The first-order valence-corrected chi connectivity index (χ1v) is 5.20. The van der Waals surface area contributed by atoms with Crippen LogP contribution in [0.4, 0.5) is 4.39 Å². The monoisotopic (exact) mass is 241 g/mol. The molecule has 0 aliphatic carbocycles. The van der Waals surface area contributed by atoms with Crippen molar-refractivity contribution in [2.45, 2.75) is 18.2 Å². The zero-order chi connectivity index (χ0) is 11.9. The first-order chi connectivity index (χ1) is 7.52. The fourth-order valence-electron chi connectivity index (χ4n) is 1.81. The van der Waals surface area contributed by atoms with Crippen molar-refractivity contribution in [2.24, 2.45) is 0 Å². The van der Waals surface area contributed by atoms with Gasteiger partial charge in [-0.2, -0.15) is 0 Å². The number of alkyl halides is 1. The molecule has 1 aliphatic heterocycles. The van der Waals surface area contributed by atoms with Gasteiger partial charge in [0.25, 0.3) is 0 Å². The van der Waals surface area contributed by atoms with E-state index in [1.54, 1.807) is 13.0 Å². The summed E-state index contributed by atoms with van der Waals surface area (Å²) in [5.41, 5.74) is 0.811. The van der Waals surface area contributed by atoms with Crippen molar-refractivity contribution in [2.75, 3.05) is 0 Å². The van der Waals surface area contributed by atoms with E-state index in [4.69, 9.17) is 11.6 Å². The number of carbonyl (C=O) groups excluding carboxylic acids is 2. The third-order valence-corrected chi connectivity index (χ3v) is 3.17. The van der Waals surface area contributed by atoms with Crippen molar-refractivity contribution in [3.05, 3.63) is 35.1 Å². The van der Waals surface area contributed by atoms with Crippen LogP contribution >= 0.6 is 11.6 Å². The minimum absolute atomic E-state index is 0.350. The van der Waals surface area contributed by atoms with Gasteiger partial charge in [0.15, 0.2) is 0 Å². The third kappa shape index (κ3) is 1.59. The highest BCUT2D eigenvalue weighted by molar-refractivity contribution is 6.37. The summed E-state index contributed by atoms with van der Waals surface area (Å²) in [7, 11) is 0. The molecule has 5 heteroatoms. The molecule has 84 valence electrons. The zero-order valence-corrected chi connectivity index (χ0v) is 9.22. The van der Waals surface area contributed by atoms with Gasteiger partial charge in [-0.3, -0.25) is 14.9 Å². The molecular weight excluding hydrogens is 233 g/mol. The Labute approximate surface area is 96.6 Å². The number of carbonyl (C=O) groups is 2. The Morgan fingerprint density at radius 3 is 2.56 bits per heavy atom. The standard InChI is InChI=1S/C11H9ClFNO2/c1-5-6(3-2-4-7(5)13)8-9(12)11(16)14-10(8)15/h2-4,8-9H,1H3,(H,14,15,16). The van der Waals surface area contributed by atoms with Crippen LogP contribution < -0.4 is 5.32 Å². The van der Waals surface area contributed by atoms with E-state index in [1.165, 1.54) is 12.1 Å². The molecule has 1 heterocycles. The molecular formula is C11H9ClFNO2. The molecule has 1 N–H and O–H groups in total. The summed E-state index contributed by atoms with van der Waals surface area (Å²) in [6, 6.07) is 4.41. The maximum Gasteiger partial charge on any atom is 0.245 e. The number of hydrogen-bond donors (Lipinski definition) is 1. The lowest BCUT2D eigenvalue weighted by atomic mass is 9.93. The van der Waals surface area contributed by atoms with E-state index < -0.39 is 28.9 Å². The second-order valence-corrected chi connectivity index (χ2v) is 4.16. The molecule has 2 rings (SSSR count). The number of halogens is 2. The van der Waals surface area contributed by atoms with Crippen molar-refractivity contribution in [3.63, 3.8) is 0 Å². The lowest BCUT2D eigenvalue weighted by molar-refractivity contribution is -0.125. The highest BCUT2D eigenvalue weighted by atomic mass is 35.5. The molecule has 1 aliphatic rings. The quantitative estimate of drug-likeness (QED) is 0.598. The number of benzene rings is 1. The van der Waals surface area contributed by atoms with Gasteiger partial charge < -0.3 is 0 Å². The fourth-order valence-corrected chi connectivity index (χ4v) is 2.12. The minimum Gasteiger partial charge on any atom is -0.295 e. The molecule has 0 spiro atoms. The molecule has 16 heavy (non-hydrogen) atoms. The SMILES string of the molecule is Cc1c(F)cccc1C1C(=O)NC(=O)C1Cl. The van der Waals surface area contributed by atoms with Crippen LogP contribution in [0, 0.1) is 12.7 Å². The Hall–Kier alpha value is -1.42. The maximum atomic E-state index is 13.3. The molecule has 0 aromatic heterocycles. The van der Waals surface area contributed by atoms with Crippen LogP contribution in [-0.2, 0) is 9.59 Å². The summed E-state index contributed by atoms with van der Waals surface area (Å²) in [6.07, 6.45) is 0. The Kier molecular flexibility index (Phi) is 2.68. The largest absolute Gasteiger partial charge is 0.295 e. The van der Waals surface area contributed by atoms with Crippen molar-refractivity contribution in [3.8, 4) is 0 Å². The van der Waals surface area contributed by atoms with Gasteiger partial charge >= 0.3 is 0 Å². The maximum absolute atomic E-state index is 13.3. The molecule has 2 unspecified atom stereocenters. The van der Waals surface area contributed by atoms with E-state index in [2.05, 4.69) is 5.32 Å². The first-order valence-electron chi connectivity index (χ1n) is 4.76. The minimum atomic E-state index is -0.965. The van der Waals surface area contributed by atoms with Crippen LogP contribution in [0.1, 0.15) is 17.0 Å². The molecule has 2 amide bonds. The highest BCUT2D eigenvalue weighted by Crippen LogP contribution is 2.31. The van der Waals surface area contributed by atoms with E-state index in [0.717, 1.165) is 0 Å². The second-order valence-electron chi connectivity index (χ2n) is 3.69. The topological polar surface area (TPSA) is 46.2 Å². The summed E-state index contributed by atoms with van der Waals surface area (Å²) in [4.78, 5) is 22.7. The second kappa shape index (κ2) is 3.87. The molecule has 1 aromatic rings.